The summed E-state index contributed by atoms with van der Waals surface area (Å²) in [4.78, 5) is 24.1. The van der Waals surface area contributed by atoms with E-state index in [1.165, 1.54) is 16.0 Å². The van der Waals surface area contributed by atoms with Crippen LogP contribution in [0.25, 0.3) is 10.8 Å². The highest BCUT2D eigenvalue weighted by Gasteiger charge is 2.20. The first-order valence-electron chi connectivity index (χ1n) is 6.28. The van der Waals surface area contributed by atoms with E-state index in [1.54, 1.807) is 0 Å². The Hall–Kier alpha value is -1.89. The predicted molar refractivity (Wildman–Crippen MR) is 76.5 cm³/mol. The third-order valence-corrected chi connectivity index (χ3v) is 3.49. The summed E-state index contributed by atoms with van der Waals surface area (Å²) >= 11 is 1.45. The second-order valence-electron chi connectivity index (χ2n) is 5.38. The van der Waals surface area contributed by atoms with Crippen LogP contribution in [0.4, 0.5) is 0 Å². The highest BCUT2D eigenvalue weighted by Crippen LogP contribution is 2.20. The number of carbonyl (C=O) groups excluding carboxylic acids is 1. The molecule has 0 unspecified atom stereocenters. The van der Waals surface area contributed by atoms with Crippen LogP contribution in [0.5, 0.6) is 0 Å². The van der Waals surface area contributed by atoms with E-state index < -0.39 is 11.2 Å². The van der Waals surface area contributed by atoms with Gasteiger partial charge in [-0.15, -0.1) is 16.4 Å². The Morgan fingerprint density at radius 2 is 2.25 bits per heavy atom. The molecule has 20 heavy (non-hydrogen) atoms. The topological polar surface area (TPSA) is 77.1 Å². The fraction of sp³-hybridized carbons (Fsp3) is 0.462. The molecule has 108 valence electrons. The number of hydrogen-bond acceptors (Lipinski definition) is 5. The van der Waals surface area contributed by atoms with Crippen molar-refractivity contribution >= 4 is 17.2 Å². The molecule has 2 aromatic rings. The van der Waals surface area contributed by atoms with Crippen molar-refractivity contribution in [1.82, 2.24) is 15.1 Å². The Balaban J connectivity index is 1.98. The molecule has 0 aromatic carbocycles. The molecule has 0 radical (unpaired) electrons. The molecule has 0 bridgehead atoms. The average Bonchev–Trinajstić information content (AvgIpc) is 2.98. The van der Waals surface area contributed by atoms with Gasteiger partial charge < -0.3 is 9.73 Å². The standard InChI is InChI=1S/C13H17N3O3S/c1-13(2,3)11(17)14-6-7-16-12(18)19-10(15-16)9-5-4-8-20-9/h4-5,8H,6-7H2,1-3H3,(H,14,17). The first-order chi connectivity index (χ1) is 9.38. The van der Waals surface area contributed by atoms with E-state index in [2.05, 4.69) is 10.4 Å². The predicted octanol–water partition coefficient (Wildman–Crippen LogP) is 1.73. The molecule has 0 aliphatic heterocycles. The maximum atomic E-state index is 11.7. The van der Waals surface area contributed by atoms with E-state index in [9.17, 15) is 9.59 Å². The number of amides is 1. The zero-order valence-corrected chi connectivity index (χ0v) is 12.5. The number of aromatic nitrogens is 2. The van der Waals surface area contributed by atoms with Gasteiger partial charge in [-0.25, -0.2) is 4.79 Å². The molecular formula is C13H17N3O3S. The molecule has 1 N–H and O–H groups in total. The molecule has 2 heterocycles. The molecule has 6 nitrogen and oxygen atoms in total. The van der Waals surface area contributed by atoms with Crippen molar-refractivity contribution in [2.24, 2.45) is 5.41 Å². The Kier molecular flexibility index (Phi) is 4.08. The van der Waals surface area contributed by atoms with Gasteiger partial charge in [-0.1, -0.05) is 26.8 Å². The Labute approximate surface area is 120 Å². The minimum Gasteiger partial charge on any atom is -0.387 e. The fourth-order valence-electron chi connectivity index (χ4n) is 1.49. The summed E-state index contributed by atoms with van der Waals surface area (Å²) in [5, 5.41) is 8.76. The lowest BCUT2D eigenvalue weighted by atomic mass is 9.96. The van der Waals surface area contributed by atoms with Gasteiger partial charge in [0.05, 0.1) is 11.4 Å². The van der Waals surface area contributed by atoms with Crippen molar-refractivity contribution in [1.29, 1.82) is 0 Å². The molecule has 1 amide bonds. The summed E-state index contributed by atoms with van der Waals surface area (Å²) in [5.41, 5.74) is -0.448. The molecule has 0 aliphatic carbocycles. The number of nitrogens with zero attached hydrogens (tertiary/aromatic N) is 2. The molecule has 7 heteroatoms. The molecule has 0 atom stereocenters. The van der Waals surface area contributed by atoms with E-state index in [1.807, 2.05) is 38.3 Å². The molecule has 2 aromatic heterocycles. The summed E-state index contributed by atoms with van der Waals surface area (Å²) in [5.74, 6) is -0.266. The normalized spacial score (nSPS) is 11.6. The molecular weight excluding hydrogens is 278 g/mol. The maximum absolute atomic E-state index is 11.7. The van der Waals surface area contributed by atoms with Crippen molar-refractivity contribution < 1.29 is 9.21 Å². The van der Waals surface area contributed by atoms with Crippen LogP contribution < -0.4 is 11.1 Å². The van der Waals surface area contributed by atoms with E-state index in [0.29, 0.717) is 12.4 Å². The SMILES string of the molecule is CC(C)(C)C(=O)NCCn1nc(-c2cccs2)oc1=O. The average molecular weight is 295 g/mol. The lowest BCUT2D eigenvalue weighted by molar-refractivity contribution is -0.128. The third kappa shape index (κ3) is 3.36. The summed E-state index contributed by atoms with van der Waals surface area (Å²) in [6, 6.07) is 3.70. The van der Waals surface area contributed by atoms with Gasteiger partial charge in [0, 0.05) is 12.0 Å². The van der Waals surface area contributed by atoms with Crippen LogP contribution in [0.3, 0.4) is 0 Å². The van der Waals surface area contributed by atoms with E-state index in [-0.39, 0.29) is 12.5 Å². The molecule has 0 spiro atoms. The number of rotatable bonds is 4. The van der Waals surface area contributed by atoms with Crippen LogP contribution in [-0.4, -0.2) is 22.2 Å². The highest BCUT2D eigenvalue weighted by molar-refractivity contribution is 7.13. The minimum atomic E-state index is -0.515. The Bertz CT molecular complexity index is 635. The van der Waals surface area contributed by atoms with Crippen LogP contribution in [-0.2, 0) is 11.3 Å². The van der Waals surface area contributed by atoms with Crippen LogP contribution >= 0.6 is 11.3 Å². The lowest BCUT2D eigenvalue weighted by Gasteiger charge is -2.17. The summed E-state index contributed by atoms with van der Waals surface area (Å²) in [6.45, 7) is 6.13. The second-order valence-corrected chi connectivity index (χ2v) is 6.33. The van der Waals surface area contributed by atoms with Crippen molar-refractivity contribution in [2.75, 3.05) is 6.54 Å². The van der Waals surface area contributed by atoms with E-state index in [0.717, 1.165) is 4.88 Å². The van der Waals surface area contributed by atoms with E-state index >= 15 is 0 Å². The van der Waals surface area contributed by atoms with Gasteiger partial charge in [0.1, 0.15) is 0 Å². The molecule has 0 aliphatic rings. The van der Waals surface area contributed by atoms with Crippen molar-refractivity contribution in [3.63, 3.8) is 0 Å². The molecule has 0 saturated carbocycles. The van der Waals surface area contributed by atoms with Crippen LogP contribution in [0.1, 0.15) is 20.8 Å². The fourth-order valence-corrected chi connectivity index (χ4v) is 2.13. The quantitative estimate of drug-likeness (QED) is 0.932. The zero-order chi connectivity index (χ0) is 14.8. The molecule has 0 fully saturated rings. The van der Waals surface area contributed by atoms with Gasteiger partial charge >= 0.3 is 5.76 Å². The van der Waals surface area contributed by atoms with Gasteiger partial charge in [0.15, 0.2) is 0 Å². The van der Waals surface area contributed by atoms with E-state index in [4.69, 9.17) is 4.42 Å². The lowest BCUT2D eigenvalue weighted by Crippen LogP contribution is -2.37. The first-order valence-corrected chi connectivity index (χ1v) is 7.16. The van der Waals surface area contributed by atoms with Gasteiger partial charge in [0.2, 0.25) is 5.91 Å². The Morgan fingerprint density at radius 1 is 1.50 bits per heavy atom. The second kappa shape index (κ2) is 5.62. The van der Waals surface area contributed by atoms with Gasteiger partial charge in [-0.2, -0.15) is 4.68 Å². The largest absolute Gasteiger partial charge is 0.437 e. The monoisotopic (exact) mass is 295 g/mol. The smallest absolute Gasteiger partial charge is 0.387 e. The summed E-state index contributed by atoms with van der Waals surface area (Å²) in [7, 11) is 0. The van der Waals surface area contributed by atoms with Crippen LogP contribution in [0.2, 0.25) is 0 Å². The molecule has 0 saturated heterocycles. The number of thiophene rings is 1. The third-order valence-electron chi connectivity index (χ3n) is 2.63. The Morgan fingerprint density at radius 3 is 2.85 bits per heavy atom. The van der Waals surface area contributed by atoms with Crippen LogP contribution in [0.15, 0.2) is 26.7 Å². The van der Waals surface area contributed by atoms with Gasteiger partial charge in [-0.3, -0.25) is 4.79 Å². The van der Waals surface area contributed by atoms with Crippen molar-refractivity contribution in [3.8, 4) is 10.8 Å². The zero-order valence-electron chi connectivity index (χ0n) is 11.7. The van der Waals surface area contributed by atoms with Crippen LogP contribution in [0, 0.1) is 5.41 Å². The number of nitrogens with one attached hydrogen (secondary N) is 1. The number of carbonyl (C=O) groups is 1. The van der Waals surface area contributed by atoms with Gasteiger partial charge in [0.25, 0.3) is 5.89 Å². The molecule has 2 rings (SSSR count). The summed E-state index contributed by atoms with van der Waals surface area (Å²) in [6.07, 6.45) is 0. The number of hydrogen-bond donors (Lipinski definition) is 1. The summed E-state index contributed by atoms with van der Waals surface area (Å²) < 4.78 is 6.30. The van der Waals surface area contributed by atoms with Crippen molar-refractivity contribution in [2.45, 2.75) is 27.3 Å². The van der Waals surface area contributed by atoms with Gasteiger partial charge in [-0.05, 0) is 11.4 Å². The maximum Gasteiger partial charge on any atom is 0.437 e. The van der Waals surface area contributed by atoms with Crippen molar-refractivity contribution in [3.05, 3.63) is 28.1 Å². The highest BCUT2D eigenvalue weighted by atomic mass is 32.1. The first kappa shape index (κ1) is 14.5. The minimum absolute atomic E-state index is 0.0625.